The molecule has 0 bridgehead atoms. The van der Waals surface area contributed by atoms with Gasteiger partial charge in [0.1, 0.15) is 22.9 Å². The van der Waals surface area contributed by atoms with Crippen molar-refractivity contribution in [3.8, 4) is 17.6 Å². The smallest absolute Gasteiger partial charge is 0.339 e. The molecule has 2 N–H and O–H groups in total. The van der Waals surface area contributed by atoms with Crippen molar-refractivity contribution in [3.05, 3.63) is 23.3 Å². The second-order valence-corrected chi connectivity index (χ2v) is 2.46. The van der Waals surface area contributed by atoms with Crippen LogP contribution in [-0.2, 0) is 0 Å². The van der Waals surface area contributed by atoms with Gasteiger partial charge in [-0.25, -0.2) is 4.79 Å². The van der Waals surface area contributed by atoms with E-state index in [4.69, 9.17) is 15.1 Å². The number of aromatic carboxylic acids is 1. The lowest BCUT2D eigenvalue weighted by Gasteiger charge is -2.05. The van der Waals surface area contributed by atoms with Crippen molar-refractivity contribution in [3.63, 3.8) is 0 Å². The van der Waals surface area contributed by atoms with Crippen molar-refractivity contribution in [1.29, 1.82) is 5.26 Å². The molecule has 0 radical (unpaired) electrons. The van der Waals surface area contributed by atoms with Crippen molar-refractivity contribution in [2.75, 3.05) is 7.11 Å². The van der Waals surface area contributed by atoms with Gasteiger partial charge in [-0.3, -0.25) is 0 Å². The minimum atomic E-state index is -1.29. The zero-order chi connectivity index (χ0) is 10.7. The van der Waals surface area contributed by atoms with Crippen LogP contribution in [0.1, 0.15) is 15.9 Å². The highest BCUT2D eigenvalue weighted by Gasteiger charge is 2.16. The van der Waals surface area contributed by atoms with Gasteiger partial charge in [0.05, 0.1) is 7.11 Å². The molecule has 1 aromatic carbocycles. The fourth-order valence-corrected chi connectivity index (χ4v) is 1.02. The second-order valence-electron chi connectivity index (χ2n) is 2.46. The predicted molar refractivity (Wildman–Crippen MR) is 46.3 cm³/mol. The molecule has 5 heteroatoms. The first kappa shape index (κ1) is 9.86. The highest BCUT2D eigenvalue weighted by atomic mass is 16.5. The maximum atomic E-state index is 10.6. The third-order valence-electron chi connectivity index (χ3n) is 1.70. The van der Waals surface area contributed by atoms with Crippen LogP contribution >= 0.6 is 0 Å². The van der Waals surface area contributed by atoms with Gasteiger partial charge in [-0.2, -0.15) is 5.26 Å². The van der Waals surface area contributed by atoms with E-state index in [-0.39, 0.29) is 16.9 Å². The molecule has 0 aliphatic carbocycles. The van der Waals surface area contributed by atoms with E-state index in [1.807, 2.05) is 0 Å². The molecule has 0 saturated carbocycles. The van der Waals surface area contributed by atoms with Gasteiger partial charge in [-0.05, 0) is 12.1 Å². The van der Waals surface area contributed by atoms with Crippen LogP contribution in [0.3, 0.4) is 0 Å². The summed E-state index contributed by atoms with van der Waals surface area (Å²) in [5.41, 5.74) is -0.491. The predicted octanol–water partition coefficient (Wildman–Crippen LogP) is 0.971. The van der Waals surface area contributed by atoms with E-state index >= 15 is 0 Å². The molecule has 0 saturated heterocycles. The van der Waals surface area contributed by atoms with E-state index in [1.54, 1.807) is 6.07 Å². The van der Waals surface area contributed by atoms with Gasteiger partial charge in [0, 0.05) is 0 Å². The van der Waals surface area contributed by atoms with Gasteiger partial charge >= 0.3 is 5.97 Å². The number of ether oxygens (including phenoxy) is 1. The van der Waals surface area contributed by atoms with Crippen LogP contribution in [0.4, 0.5) is 0 Å². The number of nitrogens with zero attached hydrogens (tertiary/aromatic N) is 1. The normalized spacial score (nSPS) is 9.14. The maximum absolute atomic E-state index is 10.6. The Morgan fingerprint density at radius 1 is 1.57 bits per heavy atom. The number of carboxylic acid groups (broad SMARTS) is 1. The third-order valence-corrected chi connectivity index (χ3v) is 1.70. The highest BCUT2D eigenvalue weighted by molar-refractivity contribution is 5.92. The molecule has 0 heterocycles. The number of carboxylic acids is 1. The van der Waals surface area contributed by atoms with Crippen LogP contribution in [0.2, 0.25) is 0 Å². The van der Waals surface area contributed by atoms with Crippen LogP contribution in [-0.4, -0.2) is 23.3 Å². The van der Waals surface area contributed by atoms with Crippen LogP contribution in [0, 0.1) is 11.3 Å². The van der Waals surface area contributed by atoms with Gasteiger partial charge in [-0.15, -0.1) is 0 Å². The van der Waals surface area contributed by atoms with Crippen molar-refractivity contribution < 1.29 is 19.7 Å². The fourth-order valence-electron chi connectivity index (χ4n) is 1.02. The van der Waals surface area contributed by atoms with Gasteiger partial charge in [-0.1, -0.05) is 0 Å². The van der Waals surface area contributed by atoms with Crippen molar-refractivity contribution >= 4 is 5.97 Å². The zero-order valence-electron chi connectivity index (χ0n) is 7.31. The Labute approximate surface area is 79.8 Å². The molecule has 0 fully saturated rings. The van der Waals surface area contributed by atoms with E-state index in [0.29, 0.717) is 0 Å². The highest BCUT2D eigenvalue weighted by Crippen LogP contribution is 2.30. The summed E-state index contributed by atoms with van der Waals surface area (Å²) >= 11 is 0. The standard InChI is InChI=1S/C9H7NO4/c1-14-7-3-2-5(9(12)13)8(11)6(7)4-10/h2-3,11H,1H3,(H,12,13). The lowest BCUT2D eigenvalue weighted by molar-refractivity contribution is 0.0693. The average Bonchev–Trinajstić information content (AvgIpc) is 2.16. The van der Waals surface area contributed by atoms with Crippen LogP contribution < -0.4 is 4.74 Å². The monoisotopic (exact) mass is 193 g/mol. The molecule has 0 aliphatic rings. The Morgan fingerprint density at radius 3 is 2.64 bits per heavy atom. The van der Waals surface area contributed by atoms with E-state index in [2.05, 4.69) is 0 Å². The van der Waals surface area contributed by atoms with Gasteiger partial charge in [0.2, 0.25) is 0 Å². The number of aromatic hydroxyl groups is 1. The number of rotatable bonds is 2. The van der Waals surface area contributed by atoms with Crippen molar-refractivity contribution in [2.24, 2.45) is 0 Å². The Hall–Kier alpha value is -2.22. The summed E-state index contributed by atoms with van der Waals surface area (Å²) in [5.74, 6) is -1.71. The van der Waals surface area contributed by atoms with E-state index in [0.717, 1.165) is 0 Å². The fraction of sp³-hybridized carbons (Fsp3) is 0.111. The lowest BCUT2D eigenvalue weighted by atomic mass is 10.1. The van der Waals surface area contributed by atoms with Gasteiger partial charge in [0.25, 0.3) is 0 Å². The maximum Gasteiger partial charge on any atom is 0.339 e. The molecular weight excluding hydrogens is 186 g/mol. The minimum absolute atomic E-state index is 0.148. The van der Waals surface area contributed by atoms with Crippen molar-refractivity contribution in [2.45, 2.75) is 0 Å². The minimum Gasteiger partial charge on any atom is -0.506 e. The van der Waals surface area contributed by atoms with E-state index in [1.165, 1.54) is 19.2 Å². The van der Waals surface area contributed by atoms with E-state index < -0.39 is 11.7 Å². The molecule has 0 atom stereocenters. The molecule has 0 aromatic heterocycles. The first-order valence-corrected chi connectivity index (χ1v) is 3.65. The number of phenols is 1. The summed E-state index contributed by atoms with van der Waals surface area (Å²) in [6.07, 6.45) is 0. The molecule has 72 valence electrons. The number of carbonyl (C=O) groups is 1. The quantitative estimate of drug-likeness (QED) is 0.730. The first-order chi connectivity index (χ1) is 6.61. The van der Waals surface area contributed by atoms with Crippen LogP contribution in [0.5, 0.6) is 11.5 Å². The number of hydrogen-bond acceptors (Lipinski definition) is 4. The molecule has 0 unspecified atom stereocenters. The molecule has 0 aliphatic heterocycles. The molecule has 0 spiro atoms. The molecular formula is C9H7NO4. The number of benzene rings is 1. The number of hydrogen-bond donors (Lipinski definition) is 2. The number of methoxy groups -OCH3 is 1. The summed E-state index contributed by atoms with van der Waals surface area (Å²) in [6, 6.07) is 4.17. The summed E-state index contributed by atoms with van der Waals surface area (Å²) in [4.78, 5) is 10.6. The molecule has 1 aromatic rings. The third kappa shape index (κ3) is 1.45. The van der Waals surface area contributed by atoms with Gasteiger partial charge in [0.15, 0.2) is 5.75 Å². The topological polar surface area (TPSA) is 90.6 Å². The SMILES string of the molecule is COc1ccc(C(=O)O)c(O)c1C#N. The van der Waals surface area contributed by atoms with Crippen LogP contribution in [0.15, 0.2) is 12.1 Å². The Morgan fingerprint density at radius 2 is 2.21 bits per heavy atom. The Bertz CT molecular complexity index is 420. The summed E-state index contributed by atoms with van der Waals surface area (Å²) in [5, 5.41) is 26.7. The molecule has 0 amide bonds. The molecule has 14 heavy (non-hydrogen) atoms. The largest absolute Gasteiger partial charge is 0.506 e. The Balaban J connectivity index is 3.44. The summed E-state index contributed by atoms with van der Waals surface area (Å²) in [7, 11) is 1.33. The second kappa shape index (κ2) is 3.66. The van der Waals surface area contributed by atoms with Crippen molar-refractivity contribution in [1.82, 2.24) is 0 Å². The summed E-state index contributed by atoms with van der Waals surface area (Å²) in [6.45, 7) is 0. The molecule has 5 nitrogen and oxygen atoms in total. The summed E-state index contributed by atoms with van der Waals surface area (Å²) < 4.78 is 4.78. The van der Waals surface area contributed by atoms with Crippen LogP contribution in [0.25, 0.3) is 0 Å². The number of nitriles is 1. The molecule has 1 rings (SSSR count). The lowest BCUT2D eigenvalue weighted by Crippen LogP contribution is -1.99. The first-order valence-electron chi connectivity index (χ1n) is 3.65. The van der Waals surface area contributed by atoms with Gasteiger partial charge < -0.3 is 14.9 Å². The zero-order valence-corrected chi connectivity index (χ0v) is 7.31. The average molecular weight is 193 g/mol. The Kier molecular flexibility index (Phi) is 2.58. The van der Waals surface area contributed by atoms with E-state index in [9.17, 15) is 9.90 Å².